The average molecular weight is 455 g/mol. The van der Waals surface area contributed by atoms with E-state index in [1.54, 1.807) is 18.3 Å². The molecule has 6 heteroatoms. The highest BCUT2D eigenvalue weighted by Crippen LogP contribution is 2.33. The number of rotatable bonds is 7. The van der Waals surface area contributed by atoms with Crippen molar-refractivity contribution >= 4 is 32.6 Å². The number of hydrogen-bond donors (Lipinski definition) is 0. The Morgan fingerprint density at radius 1 is 0.970 bits per heavy atom. The lowest BCUT2D eigenvalue weighted by Gasteiger charge is -2.19. The van der Waals surface area contributed by atoms with Gasteiger partial charge in [0, 0.05) is 5.56 Å². The first-order chi connectivity index (χ1) is 16.2. The monoisotopic (exact) mass is 454 g/mol. The number of carbonyl (C=O) groups excluding carboxylic acids is 1. The van der Waals surface area contributed by atoms with E-state index < -0.39 is 0 Å². The summed E-state index contributed by atoms with van der Waals surface area (Å²) >= 11 is 1.46. The van der Waals surface area contributed by atoms with Crippen LogP contribution >= 0.6 is 11.3 Å². The van der Waals surface area contributed by atoms with Gasteiger partial charge < -0.3 is 9.15 Å². The molecule has 0 N–H and O–H groups in total. The van der Waals surface area contributed by atoms with Gasteiger partial charge in [-0.2, -0.15) is 0 Å². The van der Waals surface area contributed by atoms with Crippen molar-refractivity contribution in [2.24, 2.45) is 0 Å². The summed E-state index contributed by atoms with van der Waals surface area (Å²) in [5, 5.41) is 0.619. The molecule has 5 aromatic rings. The summed E-state index contributed by atoms with van der Waals surface area (Å²) in [5.41, 5.74) is 3.82. The molecule has 0 radical (unpaired) electrons. The van der Waals surface area contributed by atoms with Crippen LogP contribution in [0.1, 0.15) is 27.2 Å². The molecule has 0 aliphatic rings. The number of amides is 1. The maximum absolute atomic E-state index is 13.6. The van der Waals surface area contributed by atoms with Crippen molar-refractivity contribution in [2.75, 3.05) is 12.0 Å². The summed E-state index contributed by atoms with van der Waals surface area (Å²) in [6.45, 7) is 0.300. The van der Waals surface area contributed by atoms with Crippen LogP contribution in [0, 0.1) is 0 Å². The van der Waals surface area contributed by atoms with Gasteiger partial charge in [0.25, 0.3) is 5.91 Å². The molecule has 0 atom stereocenters. The Morgan fingerprint density at radius 2 is 1.76 bits per heavy atom. The minimum atomic E-state index is -0.122. The normalized spacial score (nSPS) is 10.9. The van der Waals surface area contributed by atoms with Gasteiger partial charge in [-0.3, -0.25) is 9.69 Å². The van der Waals surface area contributed by atoms with Gasteiger partial charge in [0.1, 0.15) is 11.5 Å². The van der Waals surface area contributed by atoms with Crippen LogP contribution in [0.2, 0.25) is 0 Å². The second-order valence-electron chi connectivity index (χ2n) is 7.66. The van der Waals surface area contributed by atoms with Gasteiger partial charge in [0.05, 0.1) is 30.1 Å². The van der Waals surface area contributed by atoms with Crippen molar-refractivity contribution in [3.05, 3.63) is 114 Å². The highest BCUT2D eigenvalue weighted by molar-refractivity contribution is 7.22. The summed E-state index contributed by atoms with van der Waals surface area (Å²) in [6, 6.07) is 27.5. The van der Waals surface area contributed by atoms with E-state index in [9.17, 15) is 4.79 Å². The average Bonchev–Trinajstić information content (AvgIpc) is 3.52. The molecule has 164 valence electrons. The first-order valence-electron chi connectivity index (χ1n) is 10.6. The number of hydrogen-bond acceptors (Lipinski definition) is 5. The first-order valence-corrected chi connectivity index (χ1v) is 11.4. The van der Waals surface area contributed by atoms with Crippen LogP contribution in [0.4, 0.5) is 5.13 Å². The molecule has 3 aromatic carbocycles. The van der Waals surface area contributed by atoms with E-state index >= 15 is 0 Å². The van der Waals surface area contributed by atoms with Crippen LogP contribution in [0.3, 0.4) is 0 Å². The molecule has 0 saturated carbocycles. The van der Waals surface area contributed by atoms with Crippen molar-refractivity contribution in [1.82, 2.24) is 4.98 Å². The SMILES string of the molecule is COc1ccc2nc(N(Cc3ccco3)C(=O)c3ccc(Cc4ccccc4)cc3)sc2c1. The quantitative estimate of drug-likeness (QED) is 0.288. The molecule has 0 unspecified atom stereocenters. The Hall–Kier alpha value is -3.90. The van der Waals surface area contributed by atoms with E-state index in [0.29, 0.717) is 23.0 Å². The highest BCUT2D eigenvalue weighted by atomic mass is 32.1. The van der Waals surface area contributed by atoms with Crippen molar-refractivity contribution in [1.29, 1.82) is 0 Å². The molecule has 0 bridgehead atoms. The fourth-order valence-corrected chi connectivity index (χ4v) is 4.66. The van der Waals surface area contributed by atoms with Crippen LogP contribution in [0.5, 0.6) is 5.75 Å². The molecule has 2 aromatic heterocycles. The second kappa shape index (κ2) is 9.30. The first kappa shape index (κ1) is 21.0. The standard InChI is InChI=1S/C27H22N2O3S/c1-31-22-13-14-24-25(17-22)33-27(28-24)29(18-23-8-5-15-32-23)26(30)21-11-9-20(10-12-21)16-19-6-3-2-4-7-19/h2-15,17H,16,18H2,1H3. The number of carbonyl (C=O) groups is 1. The third-order valence-corrected chi connectivity index (χ3v) is 6.45. The van der Waals surface area contributed by atoms with Gasteiger partial charge in [-0.25, -0.2) is 4.98 Å². The predicted molar refractivity (Wildman–Crippen MR) is 131 cm³/mol. The largest absolute Gasteiger partial charge is 0.497 e. The summed E-state index contributed by atoms with van der Waals surface area (Å²) in [4.78, 5) is 20.0. The van der Waals surface area contributed by atoms with Gasteiger partial charge >= 0.3 is 0 Å². The molecule has 33 heavy (non-hydrogen) atoms. The van der Waals surface area contributed by atoms with Crippen LogP contribution in [0.25, 0.3) is 10.2 Å². The molecule has 5 rings (SSSR count). The highest BCUT2D eigenvalue weighted by Gasteiger charge is 2.23. The van der Waals surface area contributed by atoms with Crippen LogP contribution in [0.15, 0.2) is 95.6 Å². The molecule has 1 amide bonds. The molecule has 0 saturated heterocycles. The topological polar surface area (TPSA) is 55.6 Å². The Bertz CT molecular complexity index is 1360. The minimum Gasteiger partial charge on any atom is -0.497 e. The zero-order chi connectivity index (χ0) is 22.6. The number of aromatic nitrogens is 1. The number of anilines is 1. The molecule has 0 aliphatic carbocycles. The van der Waals surface area contributed by atoms with Gasteiger partial charge in [-0.15, -0.1) is 0 Å². The van der Waals surface area contributed by atoms with E-state index in [0.717, 1.165) is 28.0 Å². The van der Waals surface area contributed by atoms with E-state index in [4.69, 9.17) is 14.1 Å². The number of thiazole rings is 1. The summed E-state index contributed by atoms with van der Waals surface area (Å²) < 4.78 is 11.8. The Kier molecular flexibility index (Phi) is 5.91. The molecule has 0 spiro atoms. The fraction of sp³-hybridized carbons (Fsp3) is 0.111. The van der Waals surface area contributed by atoms with E-state index in [2.05, 4.69) is 12.1 Å². The lowest BCUT2D eigenvalue weighted by molar-refractivity contribution is 0.0983. The van der Waals surface area contributed by atoms with Crippen molar-refractivity contribution in [3.63, 3.8) is 0 Å². The summed E-state index contributed by atoms with van der Waals surface area (Å²) in [5.74, 6) is 1.33. The maximum Gasteiger partial charge on any atom is 0.260 e. The van der Waals surface area contributed by atoms with E-state index in [1.807, 2.05) is 72.8 Å². The maximum atomic E-state index is 13.6. The molecule has 5 nitrogen and oxygen atoms in total. The lowest BCUT2D eigenvalue weighted by Crippen LogP contribution is -2.30. The van der Waals surface area contributed by atoms with Crippen molar-refractivity contribution < 1.29 is 13.9 Å². The number of methoxy groups -OCH3 is 1. The third-order valence-electron chi connectivity index (χ3n) is 5.41. The van der Waals surface area contributed by atoms with Gasteiger partial charge in [0.2, 0.25) is 0 Å². The van der Waals surface area contributed by atoms with Gasteiger partial charge in [-0.05, 0) is 60.0 Å². The zero-order valence-electron chi connectivity index (χ0n) is 18.1. The number of ether oxygens (including phenoxy) is 1. The minimum absolute atomic E-state index is 0.122. The molecule has 0 aliphatic heterocycles. The second-order valence-corrected chi connectivity index (χ2v) is 8.67. The Morgan fingerprint density at radius 3 is 2.48 bits per heavy atom. The number of benzene rings is 3. The lowest BCUT2D eigenvalue weighted by atomic mass is 10.0. The van der Waals surface area contributed by atoms with Crippen molar-refractivity contribution in [3.8, 4) is 5.75 Å². The van der Waals surface area contributed by atoms with E-state index in [-0.39, 0.29) is 5.91 Å². The van der Waals surface area contributed by atoms with Crippen LogP contribution in [-0.2, 0) is 13.0 Å². The van der Waals surface area contributed by atoms with Crippen LogP contribution < -0.4 is 9.64 Å². The third kappa shape index (κ3) is 4.66. The van der Waals surface area contributed by atoms with Crippen molar-refractivity contribution in [2.45, 2.75) is 13.0 Å². The number of fused-ring (bicyclic) bond motifs is 1. The molecule has 2 heterocycles. The van der Waals surface area contributed by atoms with E-state index in [1.165, 1.54) is 16.9 Å². The molecule has 0 fully saturated rings. The molecular formula is C27H22N2O3S. The van der Waals surface area contributed by atoms with Gasteiger partial charge in [0.15, 0.2) is 5.13 Å². The summed E-state index contributed by atoms with van der Waals surface area (Å²) in [6.07, 6.45) is 2.44. The van der Waals surface area contributed by atoms with Gasteiger partial charge in [-0.1, -0.05) is 53.8 Å². The molecular weight excluding hydrogens is 432 g/mol. The number of nitrogens with zero attached hydrogens (tertiary/aromatic N) is 2. The Labute approximate surface area is 195 Å². The zero-order valence-corrected chi connectivity index (χ0v) is 18.9. The summed E-state index contributed by atoms with van der Waals surface area (Å²) in [7, 11) is 1.64. The smallest absolute Gasteiger partial charge is 0.260 e. The Balaban J connectivity index is 1.44. The predicted octanol–water partition coefficient (Wildman–Crippen LogP) is 6.34. The fourth-order valence-electron chi connectivity index (χ4n) is 3.67. The number of furan rings is 1. The van der Waals surface area contributed by atoms with Crippen LogP contribution in [-0.4, -0.2) is 18.0 Å².